The van der Waals surface area contributed by atoms with E-state index >= 15 is 0 Å². The number of hydrogen-bond acceptors (Lipinski definition) is 2. The van der Waals surface area contributed by atoms with Crippen LogP contribution in [-0.2, 0) is 0 Å². The summed E-state index contributed by atoms with van der Waals surface area (Å²) in [6.07, 6.45) is -0.167. The van der Waals surface area contributed by atoms with Crippen LogP contribution in [0.3, 0.4) is 0 Å². The zero-order chi connectivity index (χ0) is 5.58. The van der Waals surface area contributed by atoms with Crippen molar-refractivity contribution in [3.8, 4) is 0 Å². The first-order chi connectivity index (χ1) is 2.73. The van der Waals surface area contributed by atoms with Crippen LogP contribution in [-0.4, -0.2) is 6.17 Å². The minimum absolute atomic E-state index is 0. The first kappa shape index (κ1) is 15.6. The average molecular weight is 112 g/mol. The summed E-state index contributed by atoms with van der Waals surface area (Å²) in [7, 11) is 0. The van der Waals surface area contributed by atoms with E-state index in [-0.39, 0.29) is 37.1 Å². The summed E-state index contributed by atoms with van der Waals surface area (Å²) in [6.45, 7) is 7.72. The second-order valence-electron chi connectivity index (χ2n) is 0.859. The molecule has 0 aromatic heterocycles. The fourth-order valence-electron chi connectivity index (χ4n) is 0. The zero-order valence-electron chi connectivity index (χ0n) is 6.15. The molecule has 0 aliphatic carbocycles. The van der Waals surface area contributed by atoms with E-state index in [4.69, 9.17) is 11.5 Å². The normalized spacial score (nSPS) is 5.71. The van der Waals surface area contributed by atoms with Gasteiger partial charge in [-0.15, -0.1) is 13.2 Å². The van der Waals surface area contributed by atoms with Crippen LogP contribution in [0.15, 0.2) is 13.2 Å². The fourth-order valence-corrected chi connectivity index (χ4v) is 0. The Hall–Kier alpha value is 0.660. The maximum Gasteiger partial charge on any atom is 1.00 e. The van der Waals surface area contributed by atoms with Crippen LogP contribution in [0.1, 0.15) is 8.35 Å². The van der Waals surface area contributed by atoms with Crippen LogP contribution in [0.25, 0.3) is 0 Å². The van der Waals surface area contributed by atoms with E-state index in [9.17, 15) is 0 Å². The summed E-state index contributed by atoms with van der Waals surface area (Å²) in [5.41, 5.74) is 9.78. The van der Waals surface area contributed by atoms with E-state index in [2.05, 4.69) is 13.2 Å². The third-order valence-corrected chi connectivity index (χ3v) is 0. The van der Waals surface area contributed by atoms with Crippen LogP contribution in [0, 0.1) is 0 Å². The average Bonchev–Trinajstić information content (AvgIpc) is 1.41. The van der Waals surface area contributed by atoms with Crippen molar-refractivity contribution in [2.24, 2.45) is 11.5 Å². The molecule has 0 aromatic rings. The first-order valence-electron chi connectivity index (χ1n) is 1.74. The molecule has 0 heterocycles. The van der Waals surface area contributed by atoms with Crippen molar-refractivity contribution < 1.29 is 31.0 Å². The molecule has 0 aliphatic heterocycles. The van der Waals surface area contributed by atoms with E-state index in [1.807, 2.05) is 0 Å². The summed E-state index contributed by atoms with van der Waals surface area (Å²) >= 11 is 0. The third kappa shape index (κ3) is 332. The van der Waals surface area contributed by atoms with Crippen molar-refractivity contribution in [1.82, 2.24) is 0 Å². The molecule has 40 valence electrons. The van der Waals surface area contributed by atoms with E-state index in [1.54, 1.807) is 6.92 Å². The predicted octanol–water partition coefficient (Wildman–Crippen LogP) is -2.83. The van der Waals surface area contributed by atoms with Crippen LogP contribution in [0.2, 0.25) is 0 Å². The molecule has 0 spiro atoms. The molecule has 0 rings (SSSR count). The summed E-state index contributed by atoms with van der Waals surface area (Å²) in [5, 5.41) is 0. The van der Waals surface area contributed by atoms with Crippen LogP contribution in [0.4, 0.5) is 0 Å². The van der Waals surface area contributed by atoms with Gasteiger partial charge in [-0.3, -0.25) is 0 Å². The topological polar surface area (TPSA) is 52.0 Å². The van der Waals surface area contributed by atoms with Gasteiger partial charge in [0, 0.05) is 6.17 Å². The molecule has 0 saturated carbocycles. The Morgan fingerprint density at radius 1 is 1.43 bits per heavy atom. The van der Waals surface area contributed by atoms with Gasteiger partial charge in [-0.2, -0.15) is 0 Å². The van der Waals surface area contributed by atoms with Gasteiger partial charge in [-0.25, -0.2) is 0 Å². The Morgan fingerprint density at radius 3 is 1.43 bits per heavy atom. The first-order valence-corrected chi connectivity index (χ1v) is 1.74. The molecule has 0 fully saturated rings. The van der Waals surface area contributed by atoms with Crippen LogP contribution < -0.4 is 41.0 Å². The number of rotatable bonds is 0. The molecule has 0 aliphatic rings. The monoisotopic (exact) mass is 112 g/mol. The molecule has 0 amide bonds. The van der Waals surface area contributed by atoms with E-state index in [0.717, 1.165) is 0 Å². The fraction of sp³-hybridized carbons (Fsp3) is 0.500. The molecule has 7 heavy (non-hydrogen) atoms. The van der Waals surface area contributed by atoms with Gasteiger partial charge >= 0.3 is 29.6 Å². The molecular formula is C4H13N2Na. The van der Waals surface area contributed by atoms with Crippen LogP contribution >= 0.6 is 0 Å². The Kier molecular flexibility index (Phi) is 35.6. The van der Waals surface area contributed by atoms with E-state index < -0.39 is 0 Å². The molecule has 3 heteroatoms. The Balaban J connectivity index is -0.0000000183. The van der Waals surface area contributed by atoms with E-state index in [1.165, 1.54) is 0 Å². The molecule has 0 aromatic carbocycles. The van der Waals surface area contributed by atoms with Gasteiger partial charge < -0.3 is 12.9 Å². The Labute approximate surface area is 68.7 Å². The number of nitrogens with two attached hydrogens (primary N) is 2. The quantitative estimate of drug-likeness (QED) is 0.201. The largest absolute Gasteiger partial charge is 1.00 e. The van der Waals surface area contributed by atoms with E-state index in [0.29, 0.717) is 0 Å². The molecule has 0 radical (unpaired) electrons. The Bertz CT molecular complexity index is 25.2. The van der Waals surface area contributed by atoms with Gasteiger partial charge in [0.1, 0.15) is 0 Å². The van der Waals surface area contributed by atoms with Crippen molar-refractivity contribution in [3.63, 3.8) is 0 Å². The van der Waals surface area contributed by atoms with Crippen molar-refractivity contribution in [3.05, 3.63) is 13.2 Å². The maximum absolute atomic E-state index is 4.89. The third-order valence-electron chi connectivity index (χ3n) is 0. The van der Waals surface area contributed by atoms with Gasteiger partial charge in [0.25, 0.3) is 0 Å². The second kappa shape index (κ2) is 15.9. The number of hydrogen-bond donors (Lipinski definition) is 2. The van der Waals surface area contributed by atoms with Crippen molar-refractivity contribution in [2.75, 3.05) is 0 Å². The molecule has 0 bridgehead atoms. The summed E-state index contributed by atoms with van der Waals surface area (Å²) < 4.78 is 0. The second-order valence-corrected chi connectivity index (χ2v) is 0.859. The van der Waals surface area contributed by atoms with Crippen LogP contribution in [0.5, 0.6) is 0 Å². The molecule has 0 saturated heterocycles. The van der Waals surface area contributed by atoms with Gasteiger partial charge in [0.05, 0.1) is 0 Å². The maximum atomic E-state index is 4.89. The van der Waals surface area contributed by atoms with Gasteiger partial charge in [0.2, 0.25) is 0 Å². The standard InChI is InChI=1S/C2H8N2.C2H4.Na.H/c1-2(3)4;1-2;;/h2H,3-4H2,1H3;1-2H2;;/q;;+1;-1. The molecule has 0 atom stereocenters. The minimum atomic E-state index is -0.167. The smallest absolute Gasteiger partial charge is 1.00 e. The van der Waals surface area contributed by atoms with Gasteiger partial charge in [-0.1, -0.05) is 0 Å². The summed E-state index contributed by atoms with van der Waals surface area (Å²) in [4.78, 5) is 0. The Morgan fingerprint density at radius 2 is 1.43 bits per heavy atom. The zero-order valence-corrected chi connectivity index (χ0v) is 7.15. The SMILES string of the molecule is C=C.CC(N)N.[H-].[Na+]. The molecule has 0 unspecified atom stereocenters. The van der Waals surface area contributed by atoms with Gasteiger partial charge in [-0.05, 0) is 6.92 Å². The van der Waals surface area contributed by atoms with Crippen molar-refractivity contribution in [2.45, 2.75) is 13.1 Å². The molecule has 4 N–H and O–H groups in total. The van der Waals surface area contributed by atoms with Crippen molar-refractivity contribution in [1.29, 1.82) is 0 Å². The summed E-state index contributed by atoms with van der Waals surface area (Å²) in [5.74, 6) is 0. The molecular weight excluding hydrogens is 99.0 g/mol. The molecule has 2 nitrogen and oxygen atoms in total. The predicted molar refractivity (Wildman–Crippen MR) is 30.2 cm³/mol. The minimum Gasteiger partial charge on any atom is -1.00 e. The van der Waals surface area contributed by atoms with Gasteiger partial charge in [0.15, 0.2) is 0 Å². The van der Waals surface area contributed by atoms with Crippen molar-refractivity contribution >= 4 is 0 Å². The summed E-state index contributed by atoms with van der Waals surface area (Å²) in [6, 6.07) is 0.